The van der Waals surface area contributed by atoms with E-state index >= 15 is 0 Å². The van der Waals surface area contributed by atoms with Crippen molar-refractivity contribution in [1.82, 2.24) is 10.2 Å². The summed E-state index contributed by atoms with van der Waals surface area (Å²) in [6, 6.07) is 12.7. The number of anilines is 1. The maximum Gasteiger partial charge on any atom is 0.262 e. The Morgan fingerprint density at radius 3 is 2.90 bits per heavy atom. The fourth-order valence-electron chi connectivity index (χ4n) is 3.36. The average molecular weight is 411 g/mol. The van der Waals surface area contributed by atoms with Crippen LogP contribution in [0.3, 0.4) is 0 Å². The van der Waals surface area contributed by atoms with Crippen molar-refractivity contribution in [3.63, 3.8) is 0 Å². The van der Waals surface area contributed by atoms with Crippen LogP contribution in [-0.4, -0.2) is 62.8 Å². The number of carbonyl (C=O) groups is 2. The van der Waals surface area contributed by atoms with Gasteiger partial charge in [0.2, 0.25) is 0 Å². The van der Waals surface area contributed by atoms with Gasteiger partial charge in [0.25, 0.3) is 11.8 Å². The normalized spacial score (nSPS) is 16.2. The average Bonchev–Trinajstić information content (AvgIpc) is 2.78. The first-order valence-corrected chi connectivity index (χ1v) is 10.0. The van der Waals surface area contributed by atoms with Crippen LogP contribution in [0, 0.1) is 0 Å². The molecule has 0 saturated carbocycles. The van der Waals surface area contributed by atoms with E-state index in [2.05, 4.69) is 15.5 Å². The van der Waals surface area contributed by atoms with Crippen LogP contribution in [0.25, 0.3) is 0 Å². The lowest BCUT2D eigenvalue weighted by Crippen LogP contribution is -2.38. The minimum atomic E-state index is -0.211. The summed E-state index contributed by atoms with van der Waals surface area (Å²) in [7, 11) is 0. The third kappa shape index (κ3) is 5.28. The summed E-state index contributed by atoms with van der Waals surface area (Å²) >= 11 is 0. The molecule has 0 radical (unpaired) electrons. The van der Waals surface area contributed by atoms with E-state index in [1.807, 2.05) is 24.3 Å². The Kier molecular flexibility index (Phi) is 6.46. The lowest BCUT2D eigenvalue weighted by atomic mass is 10.1. The molecule has 2 heterocycles. The molecule has 8 nitrogen and oxygen atoms in total. The number of ether oxygens (including phenoxy) is 3. The Labute approximate surface area is 175 Å². The second-order valence-electron chi connectivity index (χ2n) is 7.18. The standard InChI is InChI=1S/C22H25N3O5/c26-21-15-30-20-13-17(4-5-19(20)24-21)22(27)23-14-16-2-1-3-18(12-16)29-11-8-25-6-9-28-10-7-25/h1-5,12-13H,6-11,14-15H2,(H,23,27)(H,24,26). The quantitative estimate of drug-likeness (QED) is 0.720. The number of benzene rings is 2. The third-order valence-corrected chi connectivity index (χ3v) is 5.01. The molecule has 30 heavy (non-hydrogen) atoms. The highest BCUT2D eigenvalue weighted by Gasteiger charge is 2.17. The molecule has 2 N–H and O–H groups in total. The summed E-state index contributed by atoms with van der Waals surface area (Å²) in [6.45, 7) is 5.25. The Morgan fingerprint density at radius 1 is 1.17 bits per heavy atom. The van der Waals surface area contributed by atoms with Gasteiger partial charge in [0.05, 0.1) is 18.9 Å². The molecule has 0 bridgehead atoms. The van der Waals surface area contributed by atoms with Crippen molar-refractivity contribution < 1.29 is 23.8 Å². The molecule has 0 atom stereocenters. The largest absolute Gasteiger partial charge is 0.492 e. The Hall–Kier alpha value is -3.10. The van der Waals surface area contributed by atoms with Gasteiger partial charge in [0.1, 0.15) is 18.1 Å². The van der Waals surface area contributed by atoms with Gasteiger partial charge in [-0.3, -0.25) is 14.5 Å². The van der Waals surface area contributed by atoms with E-state index in [-0.39, 0.29) is 18.4 Å². The van der Waals surface area contributed by atoms with Gasteiger partial charge >= 0.3 is 0 Å². The number of rotatable bonds is 7. The molecule has 0 aliphatic carbocycles. The smallest absolute Gasteiger partial charge is 0.262 e. The number of amides is 2. The first-order chi connectivity index (χ1) is 14.7. The number of hydrogen-bond acceptors (Lipinski definition) is 6. The monoisotopic (exact) mass is 411 g/mol. The molecule has 0 spiro atoms. The van der Waals surface area contributed by atoms with Crippen molar-refractivity contribution in [2.45, 2.75) is 6.54 Å². The molecular formula is C22H25N3O5. The second kappa shape index (κ2) is 9.60. The number of nitrogens with zero attached hydrogens (tertiary/aromatic N) is 1. The van der Waals surface area contributed by atoms with E-state index < -0.39 is 0 Å². The Morgan fingerprint density at radius 2 is 2.03 bits per heavy atom. The summed E-state index contributed by atoms with van der Waals surface area (Å²) in [5.41, 5.74) is 2.00. The van der Waals surface area contributed by atoms with Gasteiger partial charge in [-0.05, 0) is 35.9 Å². The van der Waals surface area contributed by atoms with Crippen LogP contribution in [0.4, 0.5) is 5.69 Å². The van der Waals surface area contributed by atoms with E-state index in [0.717, 1.165) is 44.2 Å². The molecule has 2 amide bonds. The number of hydrogen-bond donors (Lipinski definition) is 2. The molecule has 8 heteroatoms. The maximum atomic E-state index is 12.5. The number of nitrogens with one attached hydrogen (secondary N) is 2. The van der Waals surface area contributed by atoms with Crippen LogP contribution in [0.2, 0.25) is 0 Å². The van der Waals surface area contributed by atoms with Crippen LogP contribution >= 0.6 is 0 Å². The van der Waals surface area contributed by atoms with Gasteiger partial charge in [-0.15, -0.1) is 0 Å². The second-order valence-corrected chi connectivity index (χ2v) is 7.18. The lowest BCUT2D eigenvalue weighted by Gasteiger charge is -2.26. The Bertz CT molecular complexity index is 911. The van der Waals surface area contributed by atoms with Crippen LogP contribution in [0.5, 0.6) is 11.5 Å². The van der Waals surface area contributed by atoms with Gasteiger partial charge in [-0.1, -0.05) is 12.1 Å². The van der Waals surface area contributed by atoms with Crippen LogP contribution < -0.4 is 20.1 Å². The van der Waals surface area contributed by atoms with Gasteiger partial charge in [-0.25, -0.2) is 0 Å². The fraction of sp³-hybridized carbons (Fsp3) is 0.364. The van der Waals surface area contributed by atoms with Crippen LogP contribution in [0.15, 0.2) is 42.5 Å². The van der Waals surface area contributed by atoms with Crippen LogP contribution in [-0.2, 0) is 16.1 Å². The Balaban J connectivity index is 1.27. The molecule has 4 rings (SSSR count). The van der Waals surface area contributed by atoms with Crippen molar-refractivity contribution in [2.75, 3.05) is 51.4 Å². The fourth-order valence-corrected chi connectivity index (χ4v) is 3.36. The van der Waals surface area contributed by atoms with E-state index in [1.165, 1.54) is 0 Å². The minimum Gasteiger partial charge on any atom is -0.492 e. The molecule has 0 aromatic heterocycles. The predicted molar refractivity (Wildman–Crippen MR) is 111 cm³/mol. The van der Waals surface area contributed by atoms with Gasteiger partial charge < -0.3 is 24.8 Å². The SMILES string of the molecule is O=C1COc2cc(C(=O)NCc3cccc(OCCN4CCOCC4)c3)ccc2N1. The molecule has 1 fully saturated rings. The van der Waals surface area contributed by atoms with Gasteiger partial charge in [0, 0.05) is 31.7 Å². The number of fused-ring (bicyclic) bond motifs is 1. The highest BCUT2D eigenvalue weighted by atomic mass is 16.5. The zero-order valence-electron chi connectivity index (χ0n) is 16.7. The third-order valence-electron chi connectivity index (χ3n) is 5.01. The first kappa shape index (κ1) is 20.2. The number of carbonyl (C=O) groups excluding carboxylic acids is 2. The maximum absolute atomic E-state index is 12.5. The molecule has 2 aromatic rings. The molecule has 2 aliphatic heterocycles. The molecule has 1 saturated heterocycles. The van der Waals surface area contributed by atoms with Crippen molar-refractivity contribution in [2.24, 2.45) is 0 Å². The van der Waals surface area contributed by atoms with Crippen molar-refractivity contribution >= 4 is 17.5 Å². The summed E-state index contributed by atoms with van der Waals surface area (Å²) in [6.07, 6.45) is 0. The number of morpholine rings is 1. The highest BCUT2D eigenvalue weighted by Crippen LogP contribution is 2.28. The van der Waals surface area contributed by atoms with E-state index in [4.69, 9.17) is 14.2 Å². The van der Waals surface area contributed by atoms with E-state index in [9.17, 15) is 9.59 Å². The predicted octanol–water partition coefficient (Wildman–Crippen LogP) is 1.66. The van der Waals surface area contributed by atoms with E-state index in [1.54, 1.807) is 18.2 Å². The summed E-state index contributed by atoms with van der Waals surface area (Å²) in [5, 5.41) is 5.62. The topological polar surface area (TPSA) is 89.1 Å². The van der Waals surface area contributed by atoms with Crippen LogP contribution in [0.1, 0.15) is 15.9 Å². The zero-order valence-corrected chi connectivity index (χ0v) is 16.7. The lowest BCUT2D eigenvalue weighted by molar-refractivity contribution is -0.118. The van der Waals surface area contributed by atoms with Crippen molar-refractivity contribution in [3.05, 3.63) is 53.6 Å². The minimum absolute atomic E-state index is 0.0452. The highest BCUT2D eigenvalue weighted by molar-refractivity contribution is 5.98. The summed E-state index contributed by atoms with van der Waals surface area (Å²) < 4.78 is 16.6. The summed E-state index contributed by atoms with van der Waals surface area (Å²) in [5.74, 6) is 0.870. The van der Waals surface area contributed by atoms with Crippen molar-refractivity contribution in [1.29, 1.82) is 0 Å². The molecule has 2 aliphatic rings. The zero-order chi connectivity index (χ0) is 20.8. The van der Waals surface area contributed by atoms with Gasteiger partial charge in [0.15, 0.2) is 6.61 Å². The molecule has 0 unspecified atom stereocenters. The molecule has 158 valence electrons. The molecule has 2 aromatic carbocycles. The van der Waals surface area contributed by atoms with Gasteiger partial charge in [-0.2, -0.15) is 0 Å². The first-order valence-electron chi connectivity index (χ1n) is 10.0. The van der Waals surface area contributed by atoms with E-state index in [0.29, 0.717) is 30.2 Å². The van der Waals surface area contributed by atoms with Crippen molar-refractivity contribution in [3.8, 4) is 11.5 Å². The summed E-state index contributed by atoms with van der Waals surface area (Å²) in [4.78, 5) is 26.2. The molecular weight excluding hydrogens is 386 g/mol.